The first-order valence-corrected chi connectivity index (χ1v) is 8.34. The lowest BCUT2D eigenvalue weighted by molar-refractivity contribution is 0.0928. The van der Waals surface area contributed by atoms with E-state index in [-0.39, 0.29) is 11.7 Å². The smallest absolute Gasteiger partial charge is 0.307 e. The van der Waals surface area contributed by atoms with Gasteiger partial charge in [0, 0.05) is 10.4 Å². The van der Waals surface area contributed by atoms with Crippen LogP contribution in [-0.2, 0) is 0 Å². The molecule has 1 aromatic carbocycles. The number of benzene rings is 1. The maximum atomic E-state index is 12.0. The Balaban J connectivity index is 1.65. The molecule has 5 nitrogen and oxygen atoms in total. The second-order valence-electron chi connectivity index (χ2n) is 4.84. The molecule has 0 spiro atoms. The van der Waals surface area contributed by atoms with Crippen molar-refractivity contribution in [3.63, 3.8) is 0 Å². The summed E-state index contributed by atoms with van der Waals surface area (Å²) in [6, 6.07) is 14.7. The van der Waals surface area contributed by atoms with E-state index in [0.29, 0.717) is 12.4 Å². The van der Waals surface area contributed by atoms with Gasteiger partial charge in [-0.1, -0.05) is 6.07 Å². The van der Waals surface area contributed by atoms with Crippen molar-refractivity contribution >= 4 is 23.5 Å². The van der Waals surface area contributed by atoms with Crippen LogP contribution in [0.15, 0.2) is 63.4 Å². The van der Waals surface area contributed by atoms with E-state index in [1.807, 2.05) is 48.7 Å². The van der Waals surface area contributed by atoms with Gasteiger partial charge in [-0.25, -0.2) is 5.43 Å². The van der Waals surface area contributed by atoms with Crippen LogP contribution in [0.25, 0.3) is 11.3 Å². The Kier molecular flexibility index (Phi) is 5.08. The summed E-state index contributed by atoms with van der Waals surface area (Å²) in [4.78, 5) is 13.0. The minimum atomic E-state index is -0.389. The molecule has 1 N–H and O–H groups in total. The monoisotopic (exact) mass is 340 g/mol. The lowest BCUT2D eigenvalue weighted by Crippen LogP contribution is -2.16. The zero-order valence-corrected chi connectivity index (χ0v) is 13.9. The number of carbonyl (C=O) groups excluding carboxylic acids is 1. The molecular weight excluding hydrogens is 324 g/mol. The van der Waals surface area contributed by atoms with E-state index in [9.17, 15) is 4.79 Å². The van der Waals surface area contributed by atoms with Gasteiger partial charge >= 0.3 is 5.91 Å². The molecule has 0 radical (unpaired) electrons. The van der Waals surface area contributed by atoms with Crippen LogP contribution in [0.5, 0.6) is 5.75 Å². The molecule has 122 valence electrons. The maximum absolute atomic E-state index is 12.0. The van der Waals surface area contributed by atoms with Gasteiger partial charge in [-0.3, -0.25) is 4.79 Å². The zero-order valence-electron chi connectivity index (χ0n) is 13.1. The van der Waals surface area contributed by atoms with Gasteiger partial charge in [-0.15, -0.1) is 11.3 Å². The molecule has 6 heteroatoms. The molecule has 0 aliphatic carbocycles. The molecular formula is C18H16N2O3S. The highest BCUT2D eigenvalue weighted by Gasteiger charge is 2.11. The van der Waals surface area contributed by atoms with E-state index in [1.165, 1.54) is 0 Å². The quantitative estimate of drug-likeness (QED) is 0.541. The van der Waals surface area contributed by atoms with Crippen molar-refractivity contribution in [2.75, 3.05) is 6.61 Å². The molecule has 0 bridgehead atoms. The van der Waals surface area contributed by atoms with E-state index >= 15 is 0 Å². The molecule has 3 rings (SSSR count). The van der Waals surface area contributed by atoms with Crippen LogP contribution in [0.4, 0.5) is 0 Å². The van der Waals surface area contributed by atoms with Crippen LogP contribution >= 0.6 is 11.3 Å². The van der Waals surface area contributed by atoms with Crippen LogP contribution in [-0.4, -0.2) is 18.7 Å². The Labute approximate surface area is 143 Å². The highest BCUT2D eigenvalue weighted by Crippen LogP contribution is 2.24. The van der Waals surface area contributed by atoms with Gasteiger partial charge < -0.3 is 9.15 Å². The summed E-state index contributed by atoms with van der Waals surface area (Å²) in [6.07, 6.45) is 1.60. The number of rotatable bonds is 6. The van der Waals surface area contributed by atoms with Crippen molar-refractivity contribution in [3.8, 4) is 17.1 Å². The number of furan rings is 1. The van der Waals surface area contributed by atoms with Crippen molar-refractivity contribution in [1.29, 1.82) is 0 Å². The third-order valence-electron chi connectivity index (χ3n) is 3.18. The average molecular weight is 340 g/mol. The molecule has 0 unspecified atom stereocenters. The maximum Gasteiger partial charge on any atom is 0.307 e. The van der Waals surface area contributed by atoms with Gasteiger partial charge in [0.25, 0.3) is 0 Å². The summed E-state index contributed by atoms with van der Waals surface area (Å²) in [5, 5.41) is 5.86. The van der Waals surface area contributed by atoms with E-state index in [2.05, 4.69) is 10.5 Å². The Morgan fingerprint density at radius 1 is 1.25 bits per heavy atom. The van der Waals surface area contributed by atoms with Crippen LogP contribution < -0.4 is 10.2 Å². The fourth-order valence-electron chi connectivity index (χ4n) is 2.07. The number of carbonyl (C=O) groups is 1. The first-order chi connectivity index (χ1) is 11.8. The number of thiophene rings is 1. The topological polar surface area (TPSA) is 63.8 Å². The first kappa shape index (κ1) is 16.0. The van der Waals surface area contributed by atoms with Crippen molar-refractivity contribution in [2.45, 2.75) is 6.92 Å². The number of hydrogen-bond donors (Lipinski definition) is 1. The molecule has 1 amide bonds. The van der Waals surface area contributed by atoms with E-state index < -0.39 is 0 Å². The molecule has 0 saturated carbocycles. The molecule has 2 heterocycles. The number of ether oxygens (including phenoxy) is 1. The van der Waals surface area contributed by atoms with Crippen LogP contribution in [0.2, 0.25) is 0 Å². The largest absolute Gasteiger partial charge is 0.494 e. The van der Waals surface area contributed by atoms with Gasteiger partial charge in [-0.2, -0.15) is 5.10 Å². The lowest BCUT2D eigenvalue weighted by atomic mass is 10.2. The number of amides is 1. The summed E-state index contributed by atoms with van der Waals surface area (Å²) >= 11 is 1.54. The Morgan fingerprint density at radius 3 is 2.79 bits per heavy atom. The average Bonchev–Trinajstić information content (AvgIpc) is 3.27. The number of hydrogen-bond acceptors (Lipinski definition) is 5. The van der Waals surface area contributed by atoms with Gasteiger partial charge in [0.2, 0.25) is 0 Å². The van der Waals surface area contributed by atoms with Crippen molar-refractivity contribution < 1.29 is 13.9 Å². The van der Waals surface area contributed by atoms with Crippen LogP contribution in [0.3, 0.4) is 0 Å². The molecule has 0 fully saturated rings. The summed E-state index contributed by atoms with van der Waals surface area (Å²) < 4.78 is 11.0. The molecule has 24 heavy (non-hydrogen) atoms. The van der Waals surface area contributed by atoms with E-state index in [0.717, 1.165) is 16.2 Å². The van der Waals surface area contributed by atoms with Crippen molar-refractivity contribution in [1.82, 2.24) is 5.43 Å². The predicted molar refractivity (Wildman–Crippen MR) is 94.7 cm³/mol. The second kappa shape index (κ2) is 7.61. The fourth-order valence-corrected chi connectivity index (χ4v) is 2.66. The van der Waals surface area contributed by atoms with E-state index in [4.69, 9.17) is 9.15 Å². The number of nitrogens with zero attached hydrogens (tertiary/aromatic N) is 1. The summed E-state index contributed by atoms with van der Waals surface area (Å²) in [5.74, 6) is 1.24. The van der Waals surface area contributed by atoms with E-state index in [1.54, 1.807) is 29.7 Å². The minimum Gasteiger partial charge on any atom is -0.494 e. The third kappa shape index (κ3) is 3.91. The highest BCUT2D eigenvalue weighted by atomic mass is 32.1. The summed E-state index contributed by atoms with van der Waals surface area (Å²) in [6.45, 7) is 2.56. The highest BCUT2D eigenvalue weighted by molar-refractivity contribution is 7.11. The van der Waals surface area contributed by atoms with Gasteiger partial charge in [0.1, 0.15) is 11.5 Å². The molecule has 0 saturated heterocycles. The molecule has 3 aromatic rings. The fraction of sp³-hybridized carbons (Fsp3) is 0.111. The Bertz CT molecular complexity index is 820. The van der Waals surface area contributed by atoms with Gasteiger partial charge in [0.05, 0.1) is 12.8 Å². The standard InChI is InChI=1S/C18H16N2O3S/c1-2-22-14-7-5-13(6-8-14)16-9-10-17(23-16)18(21)20-19-12-15-4-3-11-24-15/h3-12H,2H2,1H3,(H,20,21). The number of hydrazone groups is 1. The SMILES string of the molecule is CCOc1ccc(-c2ccc(C(=O)NN=Cc3cccs3)o2)cc1. The zero-order chi connectivity index (χ0) is 16.8. The Morgan fingerprint density at radius 2 is 2.08 bits per heavy atom. The predicted octanol–water partition coefficient (Wildman–Crippen LogP) is 4.17. The molecule has 2 aromatic heterocycles. The van der Waals surface area contributed by atoms with Crippen LogP contribution in [0, 0.1) is 0 Å². The molecule has 0 aliphatic heterocycles. The molecule has 0 atom stereocenters. The van der Waals surface area contributed by atoms with Crippen molar-refractivity contribution in [3.05, 3.63) is 64.5 Å². The minimum absolute atomic E-state index is 0.210. The van der Waals surface area contributed by atoms with Gasteiger partial charge in [-0.05, 0) is 54.8 Å². The number of nitrogens with one attached hydrogen (secondary N) is 1. The van der Waals surface area contributed by atoms with Crippen molar-refractivity contribution in [2.24, 2.45) is 5.10 Å². The summed E-state index contributed by atoms with van der Waals surface area (Å²) in [5.41, 5.74) is 3.33. The van der Waals surface area contributed by atoms with Crippen LogP contribution in [0.1, 0.15) is 22.4 Å². The summed E-state index contributed by atoms with van der Waals surface area (Å²) in [7, 11) is 0. The lowest BCUT2D eigenvalue weighted by Gasteiger charge is -2.03. The second-order valence-corrected chi connectivity index (χ2v) is 5.82. The van der Waals surface area contributed by atoms with Gasteiger partial charge in [0.15, 0.2) is 5.76 Å². The molecule has 0 aliphatic rings. The Hall–Kier alpha value is -2.86. The normalized spacial score (nSPS) is 10.9. The third-order valence-corrected chi connectivity index (χ3v) is 3.99. The first-order valence-electron chi connectivity index (χ1n) is 7.46.